The van der Waals surface area contributed by atoms with Crippen molar-refractivity contribution < 1.29 is 47.2 Å². The van der Waals surface area contributed by atoms with Crippen molar-refractivity contribution in [3.8, 4) is 28.7 Å². The van der Waals surface area contributed by atoms with Gasteiger partial charge < -0.3 is 42.9 Å². The van der Waals surface area contributed by atoms with Crippen molar-refractivity contribution in [3.05, 3.63) is 41.0 Å². The molecule has 3 aliphatic rings. The minimum Gasteiger partial charge on any atom is -0.539 e. The summed E-state index contributed by atoms with van der Waals surface area (Å²) in [6.07, 6.45) is -0.613. The molecule has 0 spiro atoms. The van der Waals surface area contributed by atoms with Gasteiger partial charge in [-0.15, -0.1) is 0 Å². The molecule has 12 heteroatoms. The van der Waals surface area contributed by atoms with Gasteiger partial charge in [0.1, 0.15) is 6.61 Å². The molecule has 11 nitrogen and oxygen atoms in total. The number of ether oxygens (including phenoxy) is 7. The number of carbonyl (C=O) groups is 2. The second-order valence-electron chi connectivity index (χ2n) is 12.5. The summed E-state index contributed by atoms with van der Waals surface area (Å²) in [6.45, 7) is 11.4. The van der Waals surface area contributed by atoms with Crippen LogP contribution in [0.1, 0.15) is 49.4 Å². The topological polar surface area (TPSA) is 120 Å². The third-order valence-corrected chi connectivity index (χ3v) is 13.3. The summed E-state index contributed by atoms with van der Waals surface area (Å²) < 4.78 is 45.8. The fourth-order valence-corrected chi connectivity index (χ4v) is 6.74. The molecule has 234 valence electrons. The van der Waals surface area contributed by atoms with Crippen molar-refractivity contribution in [3.63, 3.8) is 0 Å². The largest absolute Gasteiger partial charge is 0.539 e. The number of hydrogen-bond acceptors (Lipinski definition) is 10. The first-order valence-electron chi connectivity index (χ1n) is 14.4. The first kappa shape index (κ1) is 30.8. The van der Waals surface area contributed by atoms with Crippen molar-refractivity contribution in [1.82, 2.24) is 5.32 Å². The van der Waals surface area contributed by atoms with Crippen LogP contribution in [0.5, 0.6) is 28.7 Å². The lowest BCUT2D eigenvalue weighted by molar-refractivity contribution is -0.141. The van der Waals surface area contributed by atoms with Crippen LogP contribution in [0, 0.1) is 11.8 Å². The zero-order chi connectivity index (χ0) is 31.1. The van der Waals surface area contributed by atoms with Crippen LogP contribution in [0.4, 0.5) is 4.79 Å². The van der Waals surface area contributed by atoms with E-state index in [0.29, 0.717) is 28.7 Å². The van der Waals surface area contributed by atoms with Gasteiger partial charge in [-0.05, 0) is 59.1 Å². The molecule has 2 aliphatic heterocycles. The van der Waals surface area contributed by atoms with Gasteiger partial charge in [0, 0.05) is 18.9 Å². The van der Waals surface area contributed by atoms with Crippen LogP contribution in [-0.2, 0) is 19.0 Å². The van der Waals surface area contributed by atoms with Crippen LogP contribution in [0.3, 0.4) is 0 Å². The van der Waals surface area contributed by atoms with E-state index in [1.165, 1.54) is 7.11 Å². The number of alkyl carbamates (subject to hydrolysis) is 1. The molecule has 1 saturated heterocycles. The third-order valence-electron chi connectivity index (χ3n) is 8.99. The highest BCUT2D eigenvalue weighted by molar-refractivity contribution is 6.74. The monoisotopic (exact) mass is 615 g/mol. The zero-order valence-electron chi connectivity index (χ0n) is 26.0. The lowest BCUT2D eigenvalue weighted by Crippen LogP contribution is -2.44. The van der Waals surface area contributed by atoms with Crippen LogP contribution < -0.4 is 28.7 Å². The van der Waals surface area contributed by atoms with E-state index in [9.17, 15) is 9.59 Å². The average molecular weight is 616 g/mol. The minimum atomic E-state index is -2.26. The quantitative estimate of drug-likeness (QED) is 0.230. The number of cyclic esters (lactones) is 1. The Morgan fingerprint density at radius 3 is 2.16 bits per heavy atom. The van der Waals surface area contributed by atoms with E-state index in [0.717, 1.165) is 16.7 Å². The molecule has 0 unspecified atom stereocenters. The van der Waals surface area contributed by atoms with Gasteiger partial charge in [0.2, 0.25) is 6.79 Å². The molecular formula is C31H41NO10Si. The Morgan fingerprint density at radius 2 is 1.58 bits per heavy atom. The SMILES string of the molecule is COCCOC(=O)N[C@@H]1c2cc3c(cc2[C@@H](c2cc(OC)c(O[Si](C)(C)C(C)(C)C)c(OC)c2)[C@H]2C(=O)OC[C@@H]21)OCO3. The molecule has 1 fully saturated rings. The maximum Gasteiger partial charge on any atom is 0.407 e. The Morgan fingerprint density at radius 1 is 0.953 bits per heavy atom. The highest BCUT2D eigenvalue weighted by atomic mass is 28.4. The highest BCUT2D eigenvalue weighted by Gasteiger charge is 2.53. The van der Waals surface area contributed by atoms with Crippen molar-refractivity contribution in [2.45, 2.75) is 50.9 Å². The molecule has 1 N–H and O–H groups in total. The fraction of sp³-hybridized carbons (Fsp3) is 0.548. The number of carbonyl (C=O) groups excluding carboxylic acids is 2. The van der Waals surface area contributed by atoms with Gasteiger partial charge in [0.25, 0.3) is 8.32 Å². The highest BCUT2D eigenvalue weighted by Crippen LogP contribution is 2.56. The van der Waals surface area contributed by atoms with Gasteiger partial charge >= 0.3 is 12.1 Å². The molecule has 0 aromatic heterocycles. The van der Waals surface area contributed by atoms with E-state index >= 15 is 0 Å². The van der Waals surface area contributed by atoms with E-state index in [1.54, 1.807) is 14.2 Å². The number of fused-ring (bicyclic) bond motifs is 3. The van der Waals surface area contributed by atoms with Gasteiger partial charge in [0.05, 0.1) is 39.4 Å². The molecular weight excluding hydrogens is 574 g/mol. The second-order valence-corrected chi connectivity index (χ2v) is 17.2. The van der Waals surface area contributed by atoms with E-state index in [1.807, 2.05) is 24.3 Å². The molecule has 2 aromatic rings. The molecule has 0 bridgehead atoms. The van der Waals surface area contributed by atoms with Gasteiger partial charge in [-0.25, -0.2) is 4.79 Å². The third kappa shape index (κ3) is 5.69. The van der Waals surface area contributed by atoms with Gasteiger partial charge in [-0.2, -0.15) is 0 Å². The predicted octanol–water partition coefficient (Wildman–Crippen LogP) is 5.16. The first-order chi connectivity index (χ1) is 20.4. The molecule has 0 radical (unpaired) electrons. The minimum absolute atomic E-state index is 0.0556. The molecule has 43 heavy (non-hydrogen) atoms. The Labute approximate surface area is 253 Å². The number of nitrogens with one attached hydrogen (secondary N) is 1. The number of esters is 1. The van der Waals surface area contributed by atoms with Crippen molar-refractivity contribution >= 4 is 20.4 Å². The van der Waals surface area contributed by atoms with Crippen LogP contribution >= 0.6 is 0 Å². The van der Waals surface area contributed by atoms with Crippen molar-refractivity contribution in [2.75, 3.05) is 47.9 Å². The first-order valence-corrected chi connectivity index (χ1v) is 17.3. The summed E-state index contributed by atoms with van der Waals surface area (Å²) in [5, 5.41) is 2.92. The molecule has 1 amide bonds. The fourth-order valence-electron chi connectivity index (χ4n) is 5.72. The summed E-state index contributed by atoms with van der Waals surface area (Å²) in [5.74, 6) is 0.873. The molecule has 2 heterocycles. The van der Waals surface area contributed by atoms with E-state index in [2.05, 4.69) is 39.2 Å². The summed E-state index contributed by atoms with van der Waals surface area (Å²) in [6, 6.07) is 6.98. The standard InChI is InChI=1S/C31H41NO10Si/c1-31(2,3)43(7,8)42-28-23(36-5)11-17(12-24(28)37-6)25-18-13-21-22(41-16-40-21)14-19(18)27(20-15-39-29(33)26(20)25)32-30(34)38-10-9-35-4/h11-14,20,25-27H,9-10,15-16H2,1-8H3,(H,32,34)/t20-,25+,26-,27+/m0/s1. The Balaban J connectivity index is 1.63. The van der Waals surface area contributed by atoms with Crippen LogP contribution in [0.2, 0.25) is 18.1 Å². The second kappa shape index (κ2) is 11.8. The molecule has 5 rings (SSSR count). The lowest BCUT2D eigenvalue weighted by Gasteiger charge is -2.40. The normalized spacial score (nSPS) is 22.3. The smallest absolute Gasteiger partial charge is 0.407 e. The van der Waals surface area contributed by atoms with Gasteiger partial charge in [-0.1, -0.05) is 20.8 Å². The predicted molar refractivity (Wildman–Crippen MR) is 159 cm³/mol. The van der Waals surface area contributed by atoms with Crippen molar-refractivity contribution in [1.29, 1.82) is 0 Å². The molecule has 4 atom stereocenters. The maximum absolute atomic E-state index is 13.4. The van der Waals surface area contributed by atoms with Crippen LogP contribution in [0.25, 0.3) is 0 Å². The lowest BCUT2D eigenvalue weighted by atomic mass is 9.65. The number of rotatable bonds is 9. The number of methoxy groups -OCH3 is 3. The summed E-state index contributed by atoms with van der Waals surface area (Å²) in [4.78, 5) is 26.3. The van der Waals surface area contributed by atoms with E-state index in [-0.39, 0.29) is 43.5 Å². The van der Waals surface area contributed by atoms with Gasteiger partial charge in [-0.3, -0.25) is 4.79 Å². The summed E-state index contributed by atoms with van der Waals surface area (Å²) in [5.41, 5.74) is 2.37. The van der Waals surface area contributed by atoms with Crippen LogP contribution in [0.15, 0.2) is 24.3 Å². The maximum atomic E-state index is 13.4. The average Bonchev–Trinajstić information content (AvgIpc) is 3.57. The van der Waals surface area contributed by atoms with E-state index in [4.69, 9.17) is 37.6 Å². The van der Waals surface area contributed by atoms with Crippen LogP contribution in [-0.4, -0.2) is 68.3 Å². The summed E-state index contributed by atoms with van der Waals surface area (Å²) in [7, 11) is 2.45. The van der Waals surface area contributed by atoms with Gasteiger partial charge in [0.15, 0.2) is 28.7 Å². The number of amides is 1. The molecule has 1 aliphatic carbocycles. The Kier molecular flexibility index (Phi) is 8.45. The Bertz CT molecular complexity index is 1360. The summed E-state index contributed by atoms with van der Waals surface area (Å²) >= 11 is 0. The molecule has 0 saturated carbocycles. The zero-order valence-corrected chi connectivity index (χ0v) is 27.0. The number of benzene rings is 2. The number of hydrogen-bond donors (Lipinski definition) is 1. The van der Waals surface area contributed by atoms with E-state index < -0.39 is 32.3 Å². The Hall–Kier alpha value is -3.64. The molecule has 2 aromatic carbocycles. The van der Waals surface area contributed by atoms with Crippen molar-refractivity contribution in [2.24, 2.45) is 11.8 Å².